The van der Waals surface area contributed by atoms with E-state index in [1.165, 1.54) is 23.0 Å². The SMILES string of the molecule is COc1ccc(C)cc1-n1nnnc1SCC(=O)N1CCN(c2cccc(C)c2)CC1. The predicted octanol–water partition coefficient (Wildman–Crippen LogP) is 2.73. The van der Waals surface area contributed by atoms with Crippen molar-refractivity contribution in [3.63, 3.8) is 0 Å². The van der Waals surface area contributed by atoms with Crippen LogP contribution in [0.5, 0.6) is 5.75 Å². The van der Waals surface area contributed by atoms with Gasteiger partial charge >= 0.3 is 0 Å². The molecule has 1 aliphatic rings. The molecule has 31 heavy (non-hydrogen) atoms. The third-order valence-corrected chi connectivity index (χ3v) is 6.23. The Morgan fingerprint density at radius 2 is 1.84 bits per heavy atom. The van der Waals surface area contributed by atoms with Crippen LogP contribution in [0.4, 0.5) is 5.69 Å². The van der Waals surface area contributed by atoms with Crippen molar-refractivity contribution in [3.8, 4) is 11.4 Å². The minimum atomic E-state index is 0.0969. The fourth-order valence-corrected chi connectivity index (χ4v) is 4.43. The summed E-state index contributed by atoms with van der Waals surface area (Å²) in [4.78, 5) is 17.0. The van der Waals surface area contributed by atoms with E-state index >= 15 is 0 Å². The third-order valence-electron chi connectivity index (χ3n) is 5.33. The molecule has 2 heterocycles. The van der Waals surface area contributed by atoms with Gasteiger partial charge in [-0.2, -0.15) is 4.68 Å². The molecule has 1 fully saturated rings. The van der Waals surface area contributed by atoms with Gasteiger partial charge < -0.3 is 14.5 Å². The molecule has 1 saturated heterocycles. The number of hydrogen-bond acceptors (Lipinski definition) is 7. The third kappa shape index (κ3) is 4.82. The quantitative estimate of drug-likeness (QED) is 0.548. The van der Waals surface area contributed by atoms with Gasteiger partial charge in [0, 0.05) is 31.9 Å². The zero-order valence-electron chi connectivity index (χ0n) is 18.0. The predicted molar refractivity (Wildman–Crippen MR) is 121 cm³/mol. The molecule has 0 N–H and O–H groups in total. The highest BCUT2D eigenvalue weighted by atomic mass is 32.2. The molecule has 0 spiro atoms. The fourth-order valence-electron chi connectivity index (χ4n) is 3.64. The van der Waals surface area contributed by atoms with Crippen LogP contribution >= 0.6 is 11.8 Å². The van der Waals surface area contributed by atoms with E-state index in [1.54, 1.807) is 11.8 Å². The Bertz CT molecular complexity index is 1060. The van der Waals surface area contributed by atoms with Crippen LogP contribution in [-0.2, 0) is 4.79 Å². The van der Waals surface area contributed by atoms with Gasteiger partial charge in [0.05, 0.1) is 12.9 Å². The van der Waals surface area contributed by atoms with E-state index in [9.17, 15) is 4.79 Å². The van der Waals surface area contributed by atoms with Crippen molar-refractivity contribution in [2.45, 2.75) is 19.0 Å². The highest BCUT2D eigenvalue weighted by Gasteiger charge is 2.22. The molecule has 0 unspecified atom stereocenters. The van der Waals surface area contributed by atoms with Gasteiger partial charge in [-0.25, -0.2) is 0 Å². The van der Waals surface area contributed by atoms with Crippen LogP contribution in [0.15, 0.2) is 47.6 Å². The molecule has 8 nitrogen and oxygen atoms in total. The highest BCUT2D eigenvalue weighted by molar-refractivity contribution is 7.99. The Morgan fingerprint density at radius 3 is 2.58 bits per heavy atom. The second-order valence-corrected chi connectivity index (χ2v) is 8.49. The Hall–Kier alpha value is -3.07. The number of benzene rings is 2. The van der Waals surface area contributed by atoms with Crippen molar-refractivity contribution in [2.75, 3.05) is 43.9 Å². The van der Waals surface area contributed by atoms with E-state index in [4.69, 9.17) is 4.74 Å². The smallest absolute Gasteiger partial charge is 0.233 e. The maximum absolute atomic E-state index is 12.8. The van der Waals surface area contributed by atoms with E-state index in [2.05, 4.69) is 51.6 Å². The highest BCUT2D eigenvalue weighted by Crippen LogP contribution is 2.27. The topological polar surface area (TPSA) is 76.4 Å². The lowest BCUT2D eigenvalue weighted by molar-refractivity contribution is -0.128. The van der Waals surface area contributed by atoms with Crippen LogP contribution < -0.4 is 9.64 Å². The number of tetrazole rings is 1. The van der Waals surface area contributed by atoms with Crippen LogP contribution in [0.2, 0.25) is 0 Å². The van der Waals surface area contributed by atoms with Gasteiger partial charge in [0.25, 0.3) is 0 Å². The molecule has 4 rings (SSSR count). The molecule has 3 aromatic rings. The summed E-state index contributed by atoms with van der Waals surface area (Å²) in [5.41, 5.74) is 4.29. The van der Waals surface area contributed by atoms with Crippen molar-refractivity contribution < 1.29 is 9.53 Å². The van der Waals surface area contributed by atoms with Gasteiger partial charge in [-0.05, 0) is 59.7 Å². The van der Waals surface area contributed by atoms with Gasteiger partial charge in [0.2, 0.25) is 11.1 Å². The second kappa shape index (κ2) is 9.38. The van der Waals surface area contributed by atoms with E-state index in [-0.39, 0.29) is 5.91 Å². The zero-order chi connectivity index (χ0) is 21.8. The average molecular weight is 439 g/mol. The molecule has 0 aliphatic carbocycles. The lowest BCUT2D eigenvalue weighted by atomic mass is 10.2. The van der Waals surface area contributed by atoms with Gasteiger partial charge in [0.1, 0.15) is 11.4 Å². The number of carbonyl (C=O) groups is 1. The van der Waals surface area contributed by atoms with Crippen molar-refractivity contribution in [1.29, 1.82) is 0 Å². The van der Waals surface area contributed by atoms with Gasteiger partial charge in [-0.15, -0.1) is 5.10 Å². The molecule has 0 saturated carbocycles. The van der Waals surface area contributed by atoms with Crippen LogP contribution in [0, 0.1) is 13.8 Å². The number of ether oxygens (including phenoxy) is 1. The largest absolute Gasteiger partial charge is 0.494 e. The van der Waals surface area contributed by atoms with Gasteiger partial charge in [0.15, 0.2) is 0 Å². The Labute approximate surface area is 186 Å². The molecule has 1 aromatic heterocycles. The molecule has 2 aromatic carbocycles. The standard InChI is InChI=1S/C22H26N6O2S/c1-16-5-4-6-18(13-16)26-9-11-27(12-10-26)21(29)15-31-22-23-24-25-28(22)19-14-17(2)7-8-20(19)30-3/h4-8,13-14H,9-12,15H2,1-3H3. The number of methoxy groups -OCH3 is 1. The Balaban J connectivity index is 1.37. The number of rotatable bonds is 6. The van der Waals surface area contributed by atoms with Crippen molar-refractivity contribution in [2.24, 2.45) is 0 Å². The van der Waals surface area contributed by atoms with E-state index in [1.807, 2.05) is 30.0 Å². The lowest BCUT2D eigenvalue weighted by Crippen LogP contribution is -2.49. The molecule has 0 radical (unpaired) electrons. The number of aromatic nitrogens is 4. The normalized spacial score (nSPS) is 14.0. The van der Waals surface area contributed by atoms with Gasteiger partial charge in [-0.1, -0.05) is 30.0 Å². The number of nitrogens with zero attached hydrogens (tertiary/aromatic N) is 6. The Kier molecular flexibility index (Phi) is 6.41. The summed E-state index contributed by atoms with van der Waals surface area (Å²) in [5, 5.41) is 12.6. The van der Waals surface area contributed by atoms with Crippen LogP contribution in [-0.4, -0.2) is 70.1 Å². The van der Waals surface area contributed by atoms with Crippen LogP contribution in [0.3, 0.4) is 0 Å². The molecule has 162 valence electrons. The molecule has 1 amide bonds. The number of amides is 1. The molecule has 0 atom stereocenters. The summed E-state index contributed by atoms with van der Waals surface area (Å²) in [7, 11) is 1.62. The van der Waals surface area contributed by atoms with Crippen molar-refractivity contribution >= 4 is 23.4 Å². The average Bonchev–Trinajstić information content (AvgIpc) is 3.26. The number of aryl methyl sites for hydroxylation is 2. The fraction of sp³-hybridized carbons (Fsp3) is 0.364. The summed E-state index contributed by atoms with van der Waals surface area (Å²) in [6.07, 6.45) is 0. The van der Waals surface area contributed by atoms with Crippen molar-refractivity contribution in [1.82, 2.24) is 25.1 Å². The maximum atomic E-state index is 12.8. The number of piperazine rings is 1. The monoisotopic (exact) mass is 438 g/mol. The maximum Gasteiger partial charge on any atom is 0.233 e. The molecular formula is C22H26N6O2S. The molecular weight excluding hydrogens is 412 g/mol. The van der Waals surface area contributed by atoms with Crippen LogP contribution in [0.1, 0.15) is 11.1 Å². The minimum Gasteiger partial charge on any atom is -0.494 e. The molecule has 9 heteroatoms. The first-order chi connectivity index (χ1) is 15.0. The summed E-state index contributed by atoms with van der Waals surface area (Å²) >= 11 is 1.34. The number of hydrogen-bond donors (Lipinski definition) is 0. The van der Waals surface area contributed by atoms with Gasteiger partial charge in [-0.3, -0.25) is 4.79 Å². The zero-order valence-corrected chi connectivity index (χ0v) is 18.8. The van der Waals surface area contributed by atoms with Crippen molar-refractivity contribution in [3.05, 3.63) is 53.6 Å². The Morgan fingerprint density at radius 1 is 1.06 bits per heavy atom. The minimum absolute atomic E-state index is 0.0969. The summed E-state index contributed by atoms with van der Waals surface area (Å²) in [6, 6.07) is 14.3. The van der Waals surface area contributed by atoms with E-state index in [0.717, 1.165) is 24.3 Å². The number of carbonyl (C=O) groups excluding carboxylic acids is 1. The number of anilines is 1. The lowest BCUT2D eigenvalue weighted by Gasteiger charge is -2.36. The second-order valence-electron chi connectivity index (χ2n) is 7.54. The summed E-state index contributed by atoms with van der Waals surface area (Å²) < 4.78 is 7.07. The van der Waals surface area contributed by atoms with Crippen LogP contribution in [0.25, 0.3) is 5.69 Å². The summed E-state index contributed by atoms with van der Waals surface area (Å²) in [6.45, 7) is 7.19. The first-order valence-electron chi connectivity index (χ1n) is 10.2. The molecule has 0 bridgehead atoms. The van der Waals surface area contributed by atoms with E-state index < -0.39 is 0 Å². The first-order valence-corrected chi connectivity index (χ1v) is 11.2. The van der Waals surface area contributed by atoms with E-state index in [0.29, 0.717) is 29.7 Å². The first kappa shape index (κ1) is 21.2. The number of thioether (sulfide) groups is 1. The molecule has 1 aliphatic heterocycles. The summed E-state index contributed by atoms with van der Waals surface area (Å²) in [5.74, 6) is 1.07.